The summed E-state index contributed by atoms with van der Waals surface area (Å²) in [5, 5.41) is 0. The van der Waals surface area contributed by atoms with Gasteiger partial charge in [-0.15, -0.1) is 0 Å². The van der Waals surface area contributed by atoms with E-state index in [0.717, 1.165) is 7.93 Å². The molecular formula is C12H25BrSiTe. The molecule has 0 amide bonds. The molecule has 0 aromatic heterocycles. The third kappa shape index (κ3) is 5.91. The normalized spacial score (nSPS) is 28.3. The Morgan fingerprint density at radius 3 is 2.00 bits per heavy atom. The van der Waals surface area contributed by atoms with Gasteiger partial charge in [0.05, 0.1) is 0 Å². The van der Waals surface area contributed by atoms with Gasteiger partial charge >= 0.3 is 98.1 Å². The van der Waals surface area contributed by atoms with Gasteiger partial charge in [0.25, 0.3) is 0 Å². The molecule has 2 unspecified atom stereocenters. The van der Waals surface area contributed by atoms with Gasteiger partial charge in [0.15, 0.2) is 0 Å². The molecule has 1 saturated heterocycles. The van der Waals surface area contributed by atoms with Crippen molar-refractivity contribution in [3.8, 4) is 0 Å². The number of hydrogen-bond donors (Lipinski definition) is 0. The van der Waals surface area contributed by atoms with Crippen LogP contribution in [0.1, 0.15) is 26.7 Å². The first-order valence-electron chi connectivity index (χ1n) is 5.76. The molecule has 0 aliphatic carbocycles. The summed E-state index contributed by atoms with van der Waals surface area (Å²) in [6.07, 6.45) is 5.60. The van der Waals surface area contributed by atoms with Crippen LogP contribution in [0.15, 0.2) is 11.8 Å². The van der Waals surface area contributed by atoms with E-state index < -0.39 is 27.6 Å². The maximum absolute atomic E-state index is 2.55. The quantitative estimate of drug-likeness (QED) is 0.625. The maximum atomic E-state index is 2.55. The molecule has 0 N–H and O–H groups in total. The molecule has 1 aliphatic heterocycles. The molecule has 0 radical (unpaired) electrons. The molecule has 1 fully saturated rings. The van der Waals surface area contributed by atoms with E-state index in [0.29, 0.717) is 0 Å². The average molecular weight is 405 g/mol. The van der Waals surface area contributed by atoms with Crippen molar-refractivity contribution in [1.29, 1.82) is 0 Å². The molecule has 2 atom stereocenters. The van der Waals surface area contributed by atoms with Crippen LogP contribution in [0.4, 0.5) is 0 Å². The van der Waals surface area contributed by atoms with E-state index in [1.807, 2.05) is 0 Å². The van der Waals surface area contributed by atoms with Crippen LogP contribution in [-0.2, 0) is 0 Å². The minimum absolute atomic E-state index is 0. The molecule has 0 bridgehead atoms. The summed E-state index contributed by atoms with van der Waals surface area (Å²) in [6, 6.07) is 0. The Bertz CT molecular complexity index is 200. The molecule has 0 nitrogen and oxygen atoms in total. The van der Waals surface area contributed by atoms with E-state index in [1.54, 1.807) is 0 Å². The van der Waals surface area contributed by atoms with E-state index in [-0.39, 0.29) is 17.0 Å². The maximum Gasteiger partial charge on any atom is -1.00 e. The first-order chi connectivity index (χ1) is 6.40. The average Bonchev–Trinajstić information content (AvgIpc) is 2.33. The molecule has 0 aromatic carbocycles. The molecule has 1 aliphatic rings. The van der Waals surface area contributed by atoms with Crippen LogP contribution in [0, 0.1) is 0 Å². The van der Waals surface area contributed by atoms with Crippen molar-refractivity contribution in [2.45, 2.75) is 58.7 Å². The fourth-order valence-corrected chi connectivity index (χ4v) is 10.9. The van der Waals surface area contributed by atoms with Crippen molar-refractivity contribution in [2.24, 2.45) is 0 Å². The Hall–Kier alpha value is 1.23. The van der Waals surface area contributed by atoms with E-state index in [2.05, 4.69) is 45.3 Å². The molecule has 0 spiro atoms. The predicted octanol–water partition coefficient (Wildman–Crippen LogP) is 1.49. The Labute approximate surface area is 114 Å². The Balaban J connectivity index is 0.00000196. The third-order valence-electron chi connectivity index (χ3n) is 2.92. The van der Waals surface area contributed by atoms with E-state index in [9.17, 15) is 0 Å². The Morgan fingerprint density at radius 2 is 1.60 bits per heavy atom. The summed E-state index contributed by atoms with van der Waals surface area (Å²) in [5.74, 6) is 0. The summed E-state index contributed by atoms with van der Waals surface area (Å²) in [5.41, 5.74) is 2.55. The molecule has 3 heteroatoms. The smallest absolute Gasteiger partial charge is 1.00 e. The van der Waals surface area contributed by atoms with Gasteiger partial charge in [0, 0.05) is 0 Å². The van der Waals surface area contributed by atoms with Crippen LogP contribution < -0.4 is 17.0 Å². The summed E-state index contributed by atoms with van der Waals surface area (Å²) in [6.45, 7) is 12.3. The molecule has 90 valence electrons. The molecule has 1 rings (SSSR count). The van der Waals surface area contributed by atoms with Crippen LogP contribution in [0.3, 0.4) is 0 Å². The predicted molar refractivity (Wildman–Crippen MR) is 71.1 cm³/mol. The first-order valence-corrected chi connectivity index (χ1v) is 13.7. The van der Waals surface area contributed by atoms with Crippen LogP contribution in [-0.4, -0.2) is 27.6 Å². The van der Waals surface area contributed by atoms with Crippen molar-refractivity contribution in [1.82, 2.24) is 0 Å². The van der Waals surface area contributed by atoms with Crippen LogP contribution in [0.5, 0.6) is 0 Å². The van der Waals surface area contributed by atoms with Gasteiger partial charge in [-0.05, 0) is 0 Å². The van der Waals surface area contributed by atoms with Crippen LogP contribution >= 0.6 is 0 Å². The van der Waals surface area contributed by atoms with Gasteiger partial charge in [-0.3, -0.25) is 0 Å². The largest absolute Gasteiger partial charge is 1.00 e. The zero-order chi connectivity index (χ0) is 10.8. The molecule has 15 heavy (non-hydrogen) atoms. The number of rotatable bonds is 3. The van der Waals surface area contributed by atoms with Gasteiger partial charge in [-0.1, -0.05) is 0 Å². The number of halogens is 1. The molecular weight excluding hydrogens is 380 g/mol. The second-order valence-corrected chi connectivity index (χ2v) is 18.9. The number of hydrogen-bond acceptors (Lipinski definition) is 0. The summed E-state index contributed by atoms with van der Waals surface area (Å²) >= 11 is -0.733. The topological polar surface area (TPSA) is 0 Å². The second kappa shape index (κ2) is 6.84. The van der Waals surface area contributed by atoms with Crippen molar-refractivity contribution >= 4 is 27.6 Å². The van der Waals surface area contributed by atoms with Crippen molar-refractivity contribution in [3.05, 3.63) is 11.8 Å². The number of allylic oxidation sites excluding steroid dienone is 1. The minimum atomic E-state index is -0.927. The molecule has 0 saturated carbocycles. The zero-order valence-electron chi connectivity index (χ0n) is 10.7. The zero-order valence-corrected chi connectivity index (χ0v) is 15.6. The van der Waals surface area contributed by atoms with Crippen molar-refractivity contribution in [3.63, 3.8) is 0 Å². The first kappa shape index (κ1) is 16.2. The summed E-state index contributed by atoms with van der Waals surface area (Å²) in [4.78, 5) is 0. The third-order valence-corrected chi connectivity index (χ3v) is 13.0. The van der Waals surface area contributed by atoms with E-state index >= 15 is 0 Å². The fraction of sp³-hybridized carbons (Fsp3) is 0.833. The van der Waals surface area contributed by atoms with Crippen molar-refractivity contribution in [2.75, 3.05) is 0 Å². The fourth-order valence-electron chi connectivity index (χ4n) is 2.01. The molecule has 0 aromatic rings. The van der Waals surface area contributed by atoms with Gasteiger partial charge < -0.3 is 17.0 Å². The summed E-state index contributed by atoms with van der Waals surface area (Å²) in [7, 11) is -0.927. The summed E-state index contributed by atoms with van der Waals surface area (Å²) < 4.78 is 3.75. The van der Waals surface area contributed by atoms with Gasteiger partial charge in [0.1, 0.15) is 0 Å². The standard InChI is InChI=1S/C12H25SiTe.BrH/c1-11-7-8-12(2)14(11)10-6-9-13(3,4)5;/h6,9,11-12H,7-8,10H2,1-5H3;1H/q+1;/p-1/b9-6+;. The SMILES string of the molecule is CC1CCC(C)[Te+]1C/C=C/[Si](C)(C)C.[Br-]. The second-order valence-electron chi connectivity index (χ2n) is 5.60. The van der Waals surface area contributed by atoms with Crippen LogP contribution in [0.2, 0.25) is 32.0 Å². The van der Waals surface area contributed by atoms with Gasteiger partial charge in [-0.2, -0.15) is 0 Å². The van der Waals surface area contributed by atoms with Crippen LogP contribution in [0.25, 0.3) is 0 Å². The van der Waals surface area contributed by atoms with Crippen molar-refractivity contribution < 1.29 is 17.0 Å². The minimum Gasteiger partial charge on any atom is -1.00 e. The monoisotopic (exact) mass is 406 g/mol. The van der Waals surface area contributed by atoms with Gasteiger partial charge in [0.2, 0.25) is 0 Å². The Kier molecular flexibility index (Phi) is 7.40. The van der Waals surface area contributed by atoms with E-state index in [4.69, 9.17) is 0 Å². The Morgan fingerprint density at radius 1 is 1.13 bits per heavy atom. The van der Waals surface area contributed by atoms with Gasteiger partial charge in [-0.25, -0.2) is 0 Å². The van der Waals surface area contributed by atoms with E-state index in [1.165, 1.54) is 17.3 Å². The molecule has 1 heterocycles.